The lowest BCUT2D eigenvalue weighted by Crippen LogP contribution is -2.09. The van der Waals surface area contributed by atoms with Gasteiger partial charge in [0.05, 0.1) is 6.04 Å². The van der Waals surface area contributed by atoms with Gasteiger partial charge in [-0.3, -0.25) is 0 Å². The van der Waals surface area contributed by atoms with Crippen LogP contribution in [0.2, 0.25) is 0 Å². The van der Waals surface area contributed by atoms with Crippen molar-refractivity contribution in [3.05, 3.63) is 11.7 Å². The lowest BCUT2D eigenvalue weighted by atomic mass is 10.2. The predicted octanol–water partition coefficient (Wildman–Crippen LogP) is 1.02. The number of nitrogens with two attached hydrogens (primary N) is 1. The molecule has 0 bridgehead atoms. The van der Waals surface area contributed by atoms with E-state index in [0.717, 1.165) is 6.42 Å². The zero-order chi connectivity index (χ0) is 9.68. The molecule has 5 heteroatoms. The molecular weight excluding hydrogens is 170 g/mol. The first kappa shape index (κ1) is 10.1. The molecule has 74 valence electrons. The Morgan fingerprint density at radius 3 is 2.92 bits per heavy atom. The highest BCUT2D eigenvalue weighted by atomic mass is 16.5. The molecule has 0 aromatic carbocycles. The summed E-state index contributed by atoms with van der Waals surface area (Å²) < 4.78 is 10.1. The van der Waals surface area contributed by atoms with Gasteiger partial charge in [0.15, 0.2) is 5.82 Å². The smallest absolute Gasteiger partial charge is 0.243 e. The normalized spacial score (nSPS) is 13.2. The second kappa shape index (κ2) is 4.94. The Morgan fingerprint density at radius 1 is 1.54 bits per heavy atom. The van der Waals surface area contributed by atoms with Crippen LogP contribution in [-0.4, -0.2) is 16.7 Å². The maximum atomic E-state index is 5.70. The third kappa shape index (κ3) is 2.78. The molecule has 0 radical (unpaired) electrons. The molecule has 0 aliphatic heterocycles. The van der Waals surface area contributed by atoms with E-state index in [1.807, 2.05) is 13.8 Å². The van der Waals surface area contributed by atoms with E-state index in [1.54, 1.807) is 0 Å². The molecule has 2 N–H and O–H groups in total. The van der Waals surface area contributed by atoms with Crippen LogP contribution in [0.25, 0.3) is 0 Å². The number of ether oxygens (including phenoxy) is 1. The Morgan fingerprint density at radius 2 is 2.31 bits per heavy atom. The summed E-state index contributed by atoms with van der Waals surface area (Å²) in [6, 6.07) is -0.164. The molecule has 0 amide bonds. The van der Waals surface area contributed by atoms with Crippen molar-refractivity contribution in [3.8, 4) is 0 Å². The van der Waals surface area contributed by atoms with Gasteiger partial charge in [-0.25, -0.2) is 0 Å². The van der Waals surface area contributed by atoms with Gasteiger partial charge in [0.25, 0.3) is 0 Å². The second-order valence-corrected chi connectivity index (χ2v) is 2.70. The first-order chi connectivity index (χ1) is 6.27. The lowest BCUT2D eigenvalue weighted by Gasteiger charge is -1.99. The molecule has 1 aromatic rings. The molecule has 1 heterocycles. The van der Waals surface area contributed by atoms with Crippen molar-refractivity contribution in [3.63, 3.8) is 0 Å². The molecule has 1 rings (SSSR count). The predicted molar refractivity (Wildman–Crippen MR) is 46.8 cm³/mol. The molecule has 0 spiro atoms. The highest BCUT2D eigenvalue weighted by Gasteiger charge is 2.12. The summed E-state index contributed by atoms with van der Waals surface area (Å²) >= 11 is 0. The Balaban J connectivity index is 2.53. The van der Waals surface area contributed by atoms with Crippen LogP contribution in [0.4, 0.5) is 0 Å². The monoisotopic (exact) mass is 185 g/mol. The van der Waals surface area contributed by atoms with Gasteiger partial charge in [-0.05, 0) is 13.3 Å². The van der Waals surface area contributed by atoms with Crippen molar-refractivity contribution < 1.29 is 9.26 Å². The Hall–Kier alpha value is -0.940. The van der Waals surface area contributed by atoms with Gasteiger partial charge in [-0.1, -0.05) is 12.1 Å². The van der Waals surface area contributed by atoms with Gasteiger partial charge in [0.1, 0.15) is 6.61 Å². The zero-order valence-electron chi connectivity index (χ0n) is 7.99. The van der Waals surface area contributed by atoms with Crippen molar-refractivity contribution in [2.75, 3.05) is 6.61 Å². The van der Waals surface area contributed by atoms with E-state index in [1.165, 1.54) is 0 Å². The molecule has 1 aromatic heterocycles. The van der Waals surface area contributed by atoms with E-state index in [0.29, 0.717) is 24.9 Å². The summed E-state index contributed by atoms with van der Waals surface area (Å²) in [4.78, 5) is 4.09. The van der Waals surface area contributed by atoms with Crippen LogP contribution in [0.3, 0.4) is 0 Å². The Labute approximate surface area is 77.3 Å². The average Bonchev–Trinajstić information content (AvgIpc) is 2.62. The molecule has 0 saturated heterocycles. The second-order valence-electron chi connectivity index (χ2n) is 2.70. The van der Waals surface area contributed by atoms with Crippen LogP contribution in [-0.2, 0) is 11.3 Å². The van der Waals surface area contributed by atoms with E-state index >= 15 is 0 Å². The van der Waals surface area contributed by atoms with Gasteiger partial charge in [-0.15, -0.1) is 0 Å². The lowest BCUT2D eigenvalue weighted by molar-refractivity contribution is 0.126. The fourth-order valence-corrected chi connectivity index (χ4v) is 0.845. The molecule has 5 nitrogen and oxygen atoms in total. The Kier molecular flexibility index (Phi) is 3.85. The van der Waals surface area contributed by atoms with Crippen molar-refractivity contribution in [1.29, 1.82) is 0 Å². The minimum absolute atomic E-state index is 0.164. The van der Waals surface area contributed by atoms with Gasteiger partial charge in [0, 0.05) is 6.61 Å². The van der Waals surface area contributed by atoms with E-state index in [4.69, 9.17) is 15.0 Å². The van der Waals surface area contributed by atoms with Crippen molar-refractivity contribution in [2.24, 2.45) is 5.73 Å². The van der Waals surface area contributed by atoms with E-state index in [-0.39, 0.29) is 6.04 Å². The van der Waals surface area contributed by atoms with Crippen molar-refractivity contribution in [2.45, 2.75) is 32.9 Å². The van der Waals surface area contributed by atoms with Crippen LogP contribution < -0.4 is 5.73 Å². The minimum atomic E-state index is -0.164. The maximum Gasteiger partial charge on any atom is 0.243 e. The van der Waals surface area contributed by atoms with Crippen LogP contribution in [0.1, 0.15) is 38.0 Å². The van der Waals surface area contributed by atoms with Crippen LogP contribution in [0, 0.1) is 0 Å². The van der Waals surface area contributed by atoms with E-state index in [2.05, 4.69) is 10.1 Å². The summed E-state index contributed by atoms with van der Waals surface area (Å²) in [5.74, 6) is 1.04. The molecule has 0 aliphatic carbocycles. The van der Waals surface area contributed by atoms with Crippen molar-refractivity contribution in [1.82, 2.24) is 10.1 Å². The first-order valence-corrected chi connectivity index (χ1v) is 4.43. The number of hydrogen-bond donors (Lipinski definition) is 1. The van der Waals surface area contributed by atoms with Gasteiger partial charge in [0.2, 0.25) is 5.89 Å². The standard InChI is InChI=1S/C8H15N3O2/c1-3-6(9)8-10-7(11-13-8)5-12-4-2/h6H,3-5,9H2,1-2H3. The molecule has 1 atom stereocenters. The summed E-state index contributed by atoms with van der Waals surface area (Å²) in [5.41, 5.74) is 5.70. The van der Waals surface area contributed by atoms with Gasteiger partial charge < -0.3 is 15.0 Å². The fourth-order valence-electron chi connectivity index (χ4n) is 0.845. The molecule has 13 heavy (non-hydrogen) atoms. The quantitative estimate of drug-likeness (QED) is 0.741. The van der Waals surface area contributed by atoms with Gasteiger partial charge in [-0.2, -0.15) is 4.98 Å². The van der Waals surface area contributed by atoms with Crippen LogP contribution in [0.15, 0.2) is 4.52 Å². The SMILES string of the molecule is CCOCc1noc(C(N)CC)n1. The molecular formula is C8H15N3O2. The zero-order valence-corrected chi connectivity index (χ0v) is 7.99. The highest BCUT2D eigenvalue weighted by Crippen LogP contribution is 2.10. The summed E-state index contributed by atoms with van der Waals surface area (Å²) in [7, 11) is 0. The molecule has 0 fully saturated rings. The average molecular weight is 185 g/mol. The van der Waals surface area contributed by atoms with Crippen LogP contribution in [0.5, 0.6) is 0 Å². The maximum absolute atomic E-state index is 5.70. The summed E-state index contributed by atoms with van der Waals surface area (Å²) in [6.45, 7) is 4.91. The number of nitrogens with zero attached hydrogens (tertiary/aromatic N) is 2. The van der Waals surface area contributed by atoms with E-state index < -0.39 is 0 Å². The third-order valence-electron chi connectivity index (χ3n) is 1.68. The largest absolute Gasteiger partial charge is 0.374 e. The minimum Gasteiger partial charge on any atom is -0.374 e. The van der Waals surface area contributed by atoms with Crippen molar-refractivity contribution >= 4 is 0 Å². The van der Waals surface area contributed by atoms with Crippen LogP contribution >= 0.6 is 0 Å². The van der Waals surface area contributed by atoms with Gasteiger partial charge >= 0.3 is 0 Å². The topological polar surface area (TPSA) is 74.2 Å². The van der Waals surface area contributed by atoms with E-state index in [9.17, 15) is 0 Å². The Bertz CT molecular complexity index is 249. The summed E-state index contributed by atoms with van der Waals surface area (Å²) in [6.07, 6.45) is 0.788. The third-order valence-corrected chi connectivity index (χ3v) is 1.68. The molecule has 1 unspecified atom stereocenters. The summed E-state index contributed by atoms with van der Waals surface area (Å²) in [5, 5.41) is 3.73. The molecule has 0 aliphatic rings. The number of rotatable bonds is 5. The highest BCUT2D eigenvalue weighted by molar-refractivity contribution is 4.89. The first-order valence-electron chi connectivity index (χ1n) is 4.43. The molecule has 0 saturated carbocycles. The number of hydrogen-bond acceptors (Lipinski definition) is 5. The fraction of sp³-hybridized carbons (Fsp3) is 0.750. The number of aromatic nitrogens is 2.